The van der Waals surface area contributed by atoms with E-state index in [4.69, 9.17) is 0 Å². The smallest absolute Gasteiger partial charge is 0.137 e. The van der Waals surface area contributed by atoms with Crippen molar-refractivity contribution in [2.45, 2.75) is 26.2 Å². The lowest BCUT2D eigenvalue weighted by molar-refractivity contribution is -0.118. The summed E-state index contributed by atoms with van der Waals surface area (Å²) in [5, 5.41) is 0. The lowest BCUT2D eigenvalue weighted by atomic mass is 9.90. The van der Waals surface area contributed by atoms with Gasteiger partial charge < -0.3 is 0 Å². The average molecular weight is 286 g/mol. The summed E-state index contributed by atoms with van der Waals surface area (Å²) < 4.78 is 1.28. The van der Waals surface area contributed by atoms with E-state index in [1.807, 2.05) is 0 Å². The van der Waals surface area contributed by atoms with E-state index in [1.165, 1.54) is 20.3 Å². The highest BCUT2D eigenvalue weighted by Gasteiger charge is 2.18. The van der Waals surface area contributed by atoms with Crippen LogP contribution >= 0.6 is 22.6 Å². The molecule has 0 aromatic heterocycles. The SMILES string of the molecule is Cc1ccc2c(c1I)CC(=O)CC2. The van der Waals surface area contributed by atoms with Gasteiger partial charge in [-0.25, -0.2) is 0 Å². The Bertz CT molecular complexity index is 369. The maximum absolute atomic E-state index is 11.3. The van der Waals surface area contributed by atoms with E-state index in [-0.39, 0.29) is 0 Å². The third-order valence-corrected chi connectivity index (χ3v) is 4.08. The molecule has 1 nitrogen and oxygen atoms in total. The number of carbonyl (C=O) groups is 1. The van der Waals surface area contributed by atoms with Crippen molar-refractivity contribution >= 4 is 28.4 Å². The van der Waals surface area contributed by atoms with Crippen molar-refractivity contribution in [3.8, 4) is 0 Å². The van der Waals surface area contributed by atoms with Crippen LogP contribution in [-0.2, 0) is 17.6 Å². The first kappa shape index (κ1) is 9.19. The molecule has 0 aliphatic heterocycles. The molecule has 13 heavy (non-hydrogen) atoms. The summed E-state index contributed by atoms with van der Waals surface area (Å²) >= 11 is 2.35. The van der Waals surface area contributed by atoms with Crippen molar-refractivity contribution in [1.29, 1.82) is 0 Å². The highest BCUT2D eigenvalue weighted by atomic mass is 127. The molecule has 0 N–H and O–H groups in total. The van der Waals surface area contributed by atoms with Crippen molar-refractivity contribution in [2.24, 2.45) is 0 Å². The van der Waals surface area contributed by atoms with Gasteiger partial charge in [-0.1, -0.05) is 12.1 Å². The normalized spacial score (nSPS) is 15.7. The molecular weight excluding hydrogens is 275 g/mol. The maximum Gasteiger partial charge on any atom is 0.137 e. The van der Waals surface area contributed by atoms with Gasteiger partial charge in [0.2, 0.25) is 0 Å². The molecule has 0 saturated carbocycles. The maximum atomic E-state index is 11.3. The van der Waals surface area contributed by atoms with E-state index >= 15 is 0 Å². The highest BCUT2D eigenvalue weighted by molar-refractivity contribution is 14.1. The molecule has 0 unspecified atom stereocenters. The molecule has 1 aromatic carbocycles. The minimum atomic E-state index is 0.385. The quantitative estimate of drug-likeness (QED) is 0.670. The molecule has 1 aliphatic carbocycles. The van der Waals surface area contributed by atoms with Gasteiger partial charge in [-0.05, 0) is 52.6 Å². The fourth-order valence-electron chi connectivity index (χ4n) is 1.76. The number of benzene rings is 1. The predicted molar refractivity (Wildman–Crippen MR) is 60.9 cm³/mol. The highest BCUT2D eigenvalue weighted by Crippen LogP contribution is 2.26. The lowest BCUT2D eigenvalue weighted by Crippen LogP contribution is -2.15. The fourth-order valence-corrected chi connectivity index (χ4v) is 2.48. The van der Waals surface area contributed by atoms with Crippen LogP contribution < -0.4 is 0 Å². The third kappa shape index (κ3) is 1.64. The van der Waals surface area contributed by atoms with E-state index < -0.39 is 0 Å². The van der Waals surface area contributed by atoms with Crippen molar-refractivity contribution < 1.29 is 4.79 Å². The van der Waals surface area contributed by atoms with E-state index in [1.54, 1.807) is 0 Å². The van der Waals surface area contributed by atoms with Crippen LogP contribution in [0, 0.1) is 10.5 Å². The third-order valence-electron chi connectivity index (χ3n) is 2.58. The van der Waals surface area contributed by atoms with E-state index in [9.17, 15) is 4.79 Å². The Kier molecular flexibility index (Phi) is 2.41. The minimum absolute atomic E-state index is 0.385. The van der Waals surface area contributed by atoms with Crippen LogP contribution in [-0.4, -0.2) is 5.78 Å². The minimum Gasteiger partial charge on any atom is -0.299 e. The molecule has 0 saturated heterocycles. The molecule has 0 fully saturated rings. The van der Waals surface area contributed by atoms with Crippen LogP contribution in [0.25, 0.3) is 0 Å². The van der Waals surface area contributed by atoms with Gasteiger partial charge in [0.25, 0.3) is 0 Å². The van der Waals surface area contributed by atoms with Gasteiger partial charge in [0.05, 0.1) is 0 Å². The van der Waals surface area contributed by atoms with Crippen LogP contribution in [0.15, 0.2) is 12.1 Å². The molecule has 0 amide bonds. The molecule has 1 aromatic rings. The Hall–Kier alpha value is -0.380. The van der Waals surface area contributed by atoms with Crippen LogP contribution in [0.3, 0.4) is 0 Å². The van der Waals surface area contributed by atoms with Crippen LogP contribution in [0.5, 0.6) is 0 Å². The molecule has 2 rings (SSSR count). The van der Waals surface area contributed by atoms with Crippen LogP contribution in [0.2, 0.25) is 0 Å². The largest absolute Gasteiger partial charge is 0.299 e. The molecule has 0 atom stereocenters. The average Bonchev–Trinajstić information content (AvgIpc) is 2.12. The summed E-state index contributed by atoms with van der Waals surface area (Å²) in [7, 11) is 0. The zero-order chi connectivity index (χ0) is 9.42. The second kappa shape index (κ2) is 3.40. The number of carbonyl (C=O) groups excluding carboxylic acids is 1. The van der Waals surface area contributed by atoms with Crippen molar-refractivity contribution in [3.63, 3.8) is 0 Å². The van der Waals surface area contributed by atoms with Crippen molar-refractivity contribution in [1.82, 2.24) is 0 Å². The summed E-state index contributed by atoms with van der Waals surface area (Å²) in [4.78, 5) is 11.3. The van der Waals surface area contributed by atoms with E-state index in [0.717, 1.165) is 12.8 Å². The monoisotopic (exact) mass is 286 g/mol. The van der Waals surface area contributed by atoms with Crippen LogP contribution in [0.4, 0.5) is 0 Å². The van der Waals surface area contributed by atoms with Gasteiger partial charge in [0, 0.05) is 16.4 Å². The number of rotatable bonds is 0. The topological polar surface area (TPSA) is 17.1 Å². The lowest BCUT2D eigenvalue weighted by Gasteiger charge is -2.17. The van der Waals surface area contributed by atoms with Crippen molar-refractivity contribution in [2.75, 3.05) is 0 Å². The summed E-state index contributed by atoms with van der Waals surface area (Å²) in [5.41, 5.74) is 3.93. The Balaban J connectivity index is 2.54. The molecule has 0 radical (unpaired) electrons. The Morgan fingerprint density at radius 2 is 2.08 bits per heavy atom. The zero-order valence-corrected chi connectivity index (χ0v) is 9.72. The number of aryl methyl sites for hydroxylation is 2. The zero-order valence-electron chi connectivity index (χ0n) is 7.56. The second-order valence-corrected chi connectivity index (χ2v) is 4.63. The number of hydrogen-bond donors (Lipinski definition) is 0. The number of halogens is 1. The number of hydrogen-bond acceptors (Lipinski definition) is 1. The first-order valence-electron chi connectivity index (χ1n) is 4.47. The van der Waals surface area contributed by atoms with Crippen molar-refractivity contribution in [3.05, 3.63) is 32.4 Å². The molecule has 0 spiro atoms. The number of fused-ring (bicyclic) bond motifs is 1. The molecule has 0 bridgehead atoms. The first-order chi connectivity index (χ1) is 6.18. The number of Topliss-reactive ketones (excluding diaryl/α,β-unsaturated/α-hetero) is 1. The summed E-state index contributed by atoms with van der Waals surface area (Å²) in [6, 6.07) is 4.32. The summed E-state index contributed by atoms with van der Waals surface area (Å²) in [5.74, 6) is 0.385. The molecule has 0 heterocycles. The molecule has 1 aliphatic rings. The van der Waals surface area contributed by atoms with E-state index in [2.05, 4.69) is 41.6 Å². The molecule has 68 valence electrons. The van der Waals surface area contributed by atoms with Gasteiger partial charge >= 0.3 is 0 Å². The van der Waals surface area contributed by atoms with Gasteiger partial charge in [0.1, 0.15) is 5.78 Å². The molecular formula is C11H11IO. The standard InChI is InChI=1S/C11H11IO/c1-7-2-3-8-4-5-9(13)6-10(8)11(7)12/h2-3H,4-6H2,1H3. The van der Waals surface area contributed by atoms with Gasteiger partial charge in [-0.2, -0.15) is 0 Å². The van der Waals surface area contributed by atoms with Gasteiger partial charge in [-0.3, -0.25) is 4.79 Å². The second-order valence-electron chi connectivity index (χ2n) is 3.55. The van der Waals surface area contributed by atoms with E-state index in [0.29, 0.717) is 12.2 Å². The fraction of sp³-hybridized carbons (Fsp3) is 0.364. The first-order valence-corrected chi connectivity index (χ1v) is 5.55. The van der Waals surface area contributed by atoms with Crippen LogP contribution in [0.1, 0.15) is 23.1 Å². The molecule has 2 heteroatoms. The summed E-state index contributed by atoms with van der Waals surface area (Å²) in [6.07, 6.45) is 2.31. The summed E-state index contributed by atoms with van der Waals surface area (Å²) in [6.45, 7) is 2.10. The Labute approximate surface area is 91.7 Å². The Morgan fingerprint density at radius 3 is 2.85 bits per heavy atom. The predicted octanol–water partition coefficient (Wildman–Crippen LogP) is 2.66. The van der Waals surface area contributed by atoms with Gasteiger partial charge in [-0.15, -0.1) is 0 Å². The number of ketones is 1. The van der Waals surface area contributed by atoms with Gasteiger partial charge in [0.15, 0.2) is 0 Å². The Morgan fingerprint density at radius 1 is 1.31 bits per heavy atom.